The molecular weight excluding hydrogens is 221 g/mol. The van der Waals surface area contributed by atoms with Crippen LogP contribution in [0, 0.1) is 11.7 Å². The van der Waals surface area contributed by atoms with Crippen LogP contribution in [0.3, 0.4) is 0 Å². The Morgan fingerprint density at radius 2 is 2.18 bits per heavy atom. The molecule has 1 amide bonds. The van der Waals surface area contributed by atoms with Gasteiger partial charge >= 0.3 is 0 Å². The van der Waals surface area contributed by atoms with Crippen molar-refractivity contribution >= 4 is 5.91 Å². The Bertz CT molecular complexity index is 447. The van der Waals surface area contributed by atoms with E-state index in [0.717, 1.165) is 12.5 Å². The van der Waals surface area contributed by atoms with Crippen molar-refractivity contribution in [1.82, 2.24) is 4.90 Å². The van der Waals surface area contributed by atoms with E-state index in [9.17, 15) is 9.18 Å². The van der Waals surface area contributed by atoms with Crippen molar-refractivity contribution in [3.05, 3.63) is 29.6 Å². The maximum Gasteiger partial charge on any atom is 0.257 e. The van der Waals surface area contributed by atoms with Gasteiger partial charge in [0.25, 0.3) is 5.91 Å². The third-order valence-electron chi connectivity index (χ3n) is 3.23. The van der Waals surface area contributed by atoms with Gasteiger partial charge in [0.15, 0.2) is 0 Å². The fourth-order valence-electron chi connectivity index (χ4n) is 2.42. The van der Waals surface area contributed by atoms with Crippen LogP contribution in [0.25, 0.3) is 0 Å². The molecule has 2 atom stereocenters. The monoisotopic (exact) mass is 237 g/mol. The topological polar surface area (TPSA) is 40.5 Å². The van der Waals surface area contributed by atoms with E-state index in [0.29, 0.717) is 12.5 Å². The lowest BCUT2D eigenvalue weighted by Gasteiger charge is -2.21. The number of benzene rings is 1. The number of hydrogen-bond acceptors (Lipinski definition) is 2. The van der Waals surface area contributed by atoms with E-state index in [1.807, 2.05) is 6.92 Å². The summed E-state index contributed by atoms with van der Waals surface area (Å²) in [6.07, 6.45) is 0.950. The number of rotatable bonds is 1. The smallest absolute Gasteiger partial charge is 0.257 e. The highest BCUT2D eigenvalue weighted by atomic mass is 19.1. The largest absolute Gasteiger partial charge is 0.508 e. The molecule has 1 aliphatic rings. The second-order valence-corrected chi connectivity index (χ2v) is 4.81. The minimum Gasteiger partial charge on any atom is -0.508 e. The Kier molecular flexibility index (Phi) is 3.05. The number of aromatic hydroxyl groups is 1. The Balaban J connectivity index is 2.25. The van der Waals surface area contributed by atoms with Crippen LogP contribution in [0.4, 0.5) is 4.39 Å². The third kappa shape index (κ3) is 2.25. The standard InChI is InChI=1S/C13H16FNO2/c1-8-5-9(2)15(7-8)13(17)11-4-3-10(16)6-12(11)14/h3-4,6,8-9,16H,5,7H2,1-2H3. The number of phenolic OH excluding ortho intramolecular Hbond substituents is 1. The highest BCUT2D eigenvalue weighted by molar-refractivity contribution is 5.95. The summed E-state index contributed by atoms with van der Waals surface area (Å²) in [4.78, 5) is 13.8. The molecule has 2 rings (SSSR count). The molecule has 17 heavy (non-hydrogen) atoms. The normalized spacial score (nSPS) is 24.1. The number of halogens is 1. The van der Waals surface area contributed by atoms with Crippen LogP contribution in [0.1, 0.15) is 30.6 Å². The zero-order chi connectivity index (χ0) is 12.6. The van der Waals surface area contributed by atoms with Crippen molar-refractivity contribution in [2.75, 3.05) is 6.54 Å². The molecule has 1 aromatic carbocycles. The summed E-state index contributed by atoms with van der Waals surface area (Å²) in [5.41, 5.74) is 0.0313. The van der Waals surface area contributed by atoms with Crippen molar-refractivity contribution in [2.45, 2.75) is 26.3 Å². The Morgan fingerprint density at radius 3 is 2.71 bits per heavy atom. The Labute approximate surface area is 99.9 Å². The second kappa shape index (κ2) is 4.35. The number of carbonyl (C=O) groups is 1. The molecule has 92 valence electrons. The first-order valence-electron chi connectivity index (χ1n) is 5.78. The molecule has 0 spiro atoms. The van der Waals surface area contributed by atoms with E-state index in [4.69, 9.17) is 5.11 Å². The number of phenols is 1. The van der Waals surface area contributed by atoms with Crippen LogP contribution in [0.5, 0.6) is 5.75 Å². The molecule has 1 aliphatic heterocycles. The molecule has 2 unspecified atom stereocenters. The molecule has 0 saturated carbocycles. The summed E-state index contributed by atoms with van der Waals surface area (Å²) in [6, 6.07) is 3.78. The van der Waals surface area contributed by atoms with Crippen molar-refractivity contribution < 1.29 is 14.3 Å². The van der Waals surface area contributed by atoms with Crippen LogP contribution in [0.15, 0.2) is 18.2 Å². The summed E-state index contributed by atoms with van der Waals surface area (Å²) >= 11 is 0. The predicted octanol–water partition coefficient (Wildman–Crippen LogP) is 2.40. The van der Waals surface area contributed by atoms with Gasteiger partial charge < -0.3 is 10.0 Å². The fraction of sp³-hybridized carbons (Fsp3) is 0.462. The first kappa shape index (κ1) is 11.9. The van der Waals surface area contributed by atoms with Gasteiger partial charge in [0.1, 0.15) is 11.6 Å². The van der Waals surface area contributed by atoms with Gasteiger partial charge in [-0.15, -0.1) is 0 Å². The summed E-state index contributed by atoms with van der Waals surface area (Å²) in [5.74, 6) is -0.669. The third-order valence-corrected chi connectivity index (χ3v) is 3.23. The summed E-state index contributed by atoms with van der Waals surface area (Å²) in [6.45, 7) is 4.72. The van der Waals surface area contributed by atoms with Crippen molar-refractivity contribution in [3.63, 3.8) is 0 Å². The highest BCUT2D eigenvalue weighted by Crippen LogP contribution is 2.25. The fourth-order valence-corrected chi connectivity index (χ4v) is 2.42. The number of likely N-dealkylation sites (tertiary alicyclic amines) is 1. The van der Waals surface area contributed by atoms with Crippen molar-refractivity contribution in [2.24, 2.45) is 5.92 Å². The molecule has 1 fully saturated rings. The van der Waals surface area contributed by atoms with E-state index in [1.165, 1.54) is 12.1 Å². The number of carbonyl (C=O) groups excluding carboxylic acids is 1. The zero-order valence-corrected chi connectivity index (χ0v) is 9.98. The molecule has 1 N–H and O–H groups in total. The van der Waals surface area contributed by atoms with Gasteiger partial charge in [-0.05, 0) is 31.4 Å². The lowest BCUT2D eigenvalue weighted by molar-refractivity contribution is 0.0739. The summed E-state index contributed by atoms with van der Waals surface area (Å²) in [7, 11) is 0. The average molecular weight is 237 g/mol. The van der Waals surface area contributed by atoms with E-state index >= 15 is 0 Å². The lowest BCUT2D eigenvalue weighted by atomic mass is 10.1. The van der Waals surface area contributed by atoms with Crippen molar-refractivity contribution in [3.8, 4) is 5.75 Å². The van der Waals surface area contributed by atoms with E-state index < -0.39 is 5.82 Å². The molecule has 0 bridgehead atoms. The number of hydrogen-bond donors (Lipinski definition) is 1. The second-order valence-electron chi connectivity index (χ2n) is 4.81. The van der Waals surface area contributed by atoms with Crippen LogP contribution >= 0.6 is 0 Å². The van der Waals surface area contributed by atoms with Crippen LogP contribution in [-0.2, 0) is 0 Å². The first-order chi connectivity index (χ1) is 7.99. The number of nitrogens with zero attached hydrogens (tertiary/aromatic N) is 1. The minimum absolute atomic E-state index is 0.0313. The Morgan fingerprint density at radius 1 is 1.47 bits per heavy atom. The summed E-state index contributed by atoms with van der Waals surface area (Å²) < 4.78 is 13.6. The predicted molar refractivity (Wildman–Crippen MR) is 62.3 cm³/mol. The molecule has 1 heterocycles. The molecular formula is C13H16FNO2. The van der Waals surface area contributed by atoms with E-state index in [1.54, 1.807) is 4.90 Å². The van der Waals surface area contributed by atoms with Gasteiger partial charge in [-0.3, -0.25) is 4.79 Å². The molecule has 1 aromatic rings. The van der Waals surface area contributed by atoms with Gasteiger partial charge in [-0.1, -0.05) is 6.92 Å². The molecule has 0 aliphatic carbocycles. The number of amides is 1. The quantitative estimate of drug-likeness (QED) is 0.814. The average Bonchev–Trinajstić information content (AvgIpc) is 2.57. The van der Waals surface area contributed by atoms with Gasteiger partial charge in [0, 0.05) is 18.7 Å². The Hall–Kier alpha value is -1.58. The molecule has 0 aromatic heterocycles. The lowest BCUT2D eigenvalue weighted by Crippen LogP contribution is -2.34. The van der Waals surface area contributed by atoms with Crippen molar-refractivity contribution in [1.29, 1.82) is 0 Å². The first-order valence-corrected chi connectivity index (χ1v) is 5.78. The van der Waals surface area contributed by atoms with Gasteiger partial charge in [0.05, 0.1) is 5.56 Å². The zero-order valence-electron chi connectivity index (χ0n) is 9.98. The summed E-state index contributed by atoms with van der Waals surface area (Å²) in [5, 5.41) is 9.11. The molecule has 0 radical (unpaired) electrons. The van der Waals surface area contributed by atoms with Gasteiger partial charge in [-0.25, -0.2) is 4.39 Å². The van der Waals surface area contributed by atoms with Gasteiger partial charge in [0.2, 0.25) is 0 Å². The van der Waals surface area contributed by atoms with Crippen LogP contribution in [0.2, 0.25) is 0 Å². The molecule has 3 nitrogen and oxygen atoms in total. The maximum absolute atomic E-state index is 13.6. The maximum atomic E-state index is 13.6. The SMILES string of the molecule is CC1CC(C)N(C(=O)c2ccc(O)cc2F)C1. The van der Waals surface area contributed by atoms with E-state index in [-0.39, 0.29) is 23.3 Å². The minimum atomic E-state index is -0.665. The van der Waals surface area contributed by atoms with Crippen LogP contribution < -0.4 is 0 Å². The van der Waals surface area contributed by atoms with Crippen LogP contribution in [-0.4, -0.2) is 28.5 Å². The molecule has 1 saturated heterocycles. The van der Waals surface area contributed by atoms with E-state index in [2.05, 4.69) is 6.92 Å². The highest BCUT2D eigenvalue weighted by Gasteiger charge is 2.31. The van der Waals surface area contributed by atoms with Gasteiger partial charge in [-0.2, -0.15) is 0 Å². The molecule has 4 heteroatoms.